The normalized spacial score (nSPS) is 12.1. The first kappa shape index (κ1) is 15.4. The number of aryl methyl sites for hydroxylation is 1. The average molecular weight is 385 g/mol. The highest BCUT2D eigenvalue weighted by Crippen LogP contribution is 2.44. The molecule has 130 valence electrons. The van der Waals surface area contributed by atoms with E-state index in [1.165, 1.54) is 58.1 Å². The highest BCUT2D eigenvalue weighted by Gasteiger charge is 2.15. The van der Waals surface area contributed by atoms with E-state index in [-0.39, 0.29) is 0 Å². The molecule has 6 aromatic rings. The molecular formula is C24H16OS2. The number of ether oxygens (including phenoxy) is 1. The number of fused-ring (bicyclic) bond motifs is 9. The molecule has 0 saturated carbocycles. The fourth-order valence-corrected chi connectivity index (χ4v) is 6.37. The first-order valence-corrected chi connectivity index (χ1v) is 10.7. The van der Waals surface area contributed by atoms with E-state index >= 15 is 0 Å². The highest BCUT2D eigenvalue weighted by atomic mass is 32.1. The van der Waals surface area contributed by atoms with E-state index in [1.807, 2.05) is 11.3 Å². The van der Waals surface area contributed by atoms with Crippen molar-refractivity contribution in [3.8, 4) is 5.75 Å². The van der Waals surface area contributed by atoms with Gasteiger partial charge in [-0.15, -0.1) is 22.7 Å². The minimum absolute atomic E-state index is 0.960. The predicted molar refractivity (Wildman–Crippen MR) is 121 cm³/mol. The van der Waals surface area contributed by atoms with E-state index in [4.69, 9.17) is 4.74 Å². The van der Waals surface area contributed by atoms with Gasteiger partial charge in [-0.2, -0.15) is 0 Å². The van der Waals surface area contributed by atoms with Crippen molar-refractivity contribution in [3.63, 3.8) is 0 Å². The summed E-state index contributed by atoms with van der Waals surface area (Å²) in [7, 11) is 1.78. The summed E-state index contributed by atoms with van der Waals surface area (Å²) in [6, 6.07) is 18.0. The number of rotatable bonds is 1. The van der Waals surface area contributed by atoms with Crippen LogP contribution in [0.25, 0.3) is 52.5 Å². The van der Waals surface area contributed by atoms with Crippen LogP contribution in [0.2, 0.25) is 0 Å². The average Bonchev–Trinajstić information content (AvgIpc) is 3.35. The van der Waals surface area contributed by atoms with Gasteiger partial charge in [-0.1, -0.05) is 30.3 Å². The van der Waals surface area contributed by atoms with E-state index < -0.39 is 0 Å². The van der Waals surface area contributed by atoms with Gasteiger partial charge in [0.1, 0.15) is 5.75 Å². The molecule has 0 radical (unpaired) electrons. The largest absolute Gasteiger partial charge is 0.496 e. The van der Waals surface area contributed by atoms with Crippen LogP contribution >= 0.6 is 22.7 Å². The third kappa shape index (κ3) is 1.98. The maximum absolute atomic E-state index is 5.87. The Morgan fingerprint density at radius 1 is 0.667 bits per heavy atom. The number of hydrogen-bond donors (Lipinski definition) is 0. The number of hydrogen-bond acceptors (Lipinski definition) is 3. The third-order valence-corrected chi connectivity index (χ3v) is 7.51. The summed E-state index contributed by atoms with van der Waals surface area (Å²) in [6.45, 7) is 2.24. The Bertz CT molecular complexity index is 1520. The van der Waals surface area contributed by atoms with E-state index in [0.717, 1.165) is 5.75 Å². The van der Waals surface area contributed by atoms with E-state index in [2.05, 4.69) is 66.2 Å². The predicted octanol–water partition coefficient (Wildman–Crippen LogP) is 7.89. The summed E-state index contributed by atoms with van der Waals surface area (Å²) in [5.41, 5.74) is 1.34. The molecule has 27 heavy (non-hydrogen) atoms. The fourth-order valence-electron chi connectivity index (χ4n) is 4.40. The summed E-state index contributed by atoms with van der Waals surface area (Å²) in [4.78, 5) is 0. The SMILES string of the molecule is COc1cc2c(cc(C)c3c2ccc2ccsc23)c2ccc3ccsc3c12. The van der Waals surface area contributed by atoms with Crippen LogP contribution in [-0.4, -0.2) is 7.11 Å². The Morgan fingerprint density at radius 2 is 1.26 bits per heavy atom. The molecule has 2 aromatic heterocycles. The van der Waals surface area contributed by atoms with Crippen molar-refractivity contribution in [2.75, 3.05) is 7.11 Å². The summed E-state index contributed by atoms with van der Waals surface area (Å²) in [6.07, 6.45) is 0. The van der Waals surface area contributed by atoms with Gasteiger partial charge in [0.05, 0.1) is 7.11 Å². The lowest BCUT2D eigenvalue weighted by Gasteiger charge is -2.14. The molecule has 0 saturated heterocycles. The second-order valence-electron chi connectivity index (χ2n) is 7.02. The topological polar surface area (TPSA) is 9.23 Å². The molecule has 2 heterocycles. The van der Waals surface area contributed by atoms with Crippen molar-refractivity contribution in [1.82, 2.24) is 0 Å². The summed E-state index contributed by atoms with van der Waals surface area (Å²) >= 11 is 3.61. The van der Waals surface area contributed by atoms with Crippen LogP contribution in [0.3, 0.4) is 0 Å². The van der Waals surface area contributed by atoms with Gasteiger partial charge in [-0.3, -0.25) is 0 Å². The summed E-state index contributed by atoms with van der Waals surface area (Å²) in [5.74, 6) is 0.960. The second-order valence-corrected chi connectivity index (χ2v) is 8.85. The van der Waals surface area contributed by atoms with Crippen LogP contribution < -0.4 is 4.74 Å². The lowest BCUT2D eigenvalue weighted by atomic mass is 9.93. The highest BCUT2D eigenvalue weighted by molar-refractivity contribution is 7.18. The van der Waals surface area contributed by atoms with E-state index in [0.29, 0.717) is 0 Å². The van der Waals surface area contributed by atoms with Gasteiger partial charge in [-0.05, 0) is 73.8 Å². The molecule has 1 nitrogen and oxygen atoms in total. The maximum Gasteiger partial charge on any atom is 0.128 e. The van der Waals surface area contributed by atoms with Gasteiger partial charge in [0.2, 0.25) is 0 Å². The zero-order valence-electron chi connectivity index (χ0n) is 15.0. The Hall–Kier alpha value is -2.62. The first-order valence-electron chi connectivity index (χ1n) is 8.96. The molecule has 0 N–H and O–H groups in total. The molecular weight excluding hydrogens is 368 g/mol. The number of methoxy groups -OCH3 is 1. The Labute approximate surface area is 164 Å². The minimum Gasteiger partial charge on any atom is -0.496 e. The van der Waals surface area contributed by atoms with Gasteiger partial charge in [0.25, 0.3) is 0 Å². The van der Waals surface area contributed by atoms with Gasteiger partial charge in [-0.25, -0.2) is 0 Å². The maximum atomic E-state index is 5.87. The molecule has 0 aliphatic carbocycles. The molecule has 0 amide bonds. The van der Waals surface area contributed by atoms with Crippen LogP contribution in [0, 0.1) is 6.92 Å². The van der Waals surface area contributed by atoms with Gasteiger partial charge in [0, 0.05) is 20.2 Å². The molecule has 4 aromatic carbocycles. The zero-order chi connectivity index (χ0) is 18.1. The molecule has 0 bridgehead atoms. The second kappa shape index (κ2) is 5.44. The number of benzene rings is 4. The fraction of sp³-hybridized carbons (Fsp3) is 0.0833. The zero-order valence-corrected chi connectivity index (χ0v) is 16.6. The number of thiophene rings is 2. The van der Waals surface area contributed by atoms with Crippen LogP contribution in [-0.2, 0) is 0 Å². The molecule has 6 rings (SSSR count). The summed E-state index contributed by atoms with van der Waals surface area (Å²) < 4.78 is 8.55. The third-order valence-electron chi connectivity index (χ3n) is 5.61. The van der Waals surface area contributed by atoms with E-state index in [9.17, 15) is 0 Å². The van der Waals surface area contributed by atoms with Crippen LogP contribution in [0.15, 0.2) is 59.3 Å². The molecule has 3 heteroatoms. The van der Waals surface area contributed by atoms with Crippen molar-refractivity contribution < 1.29 is 4.74 Å². The standard InChI is InChI=1S/C24H16OS2/c1-13-11-18-17-6-4-15-8-10-27-24(15)22(17)20(25-2)12-19(18)16-5-3-14-7-9-26-23(14)21(13)16/h3-12H,1-2H3. The first-order chi connectivity index (χ1) is 13.3. The van der Waals surface area contributed by atoms with E-state index in [1.54, 1.807) is 18.4 Å². The molecule has 0 aliphatic rings. The van der Waals surface area contributed by atoms with Crippen molar-refractivity contribution in [2.24, 2.45) is 0 Å². The summed E-state index contributed by atoms with van der Waals surface area (Å²) in [5, 5.41) is 14.7. The minimum atomic E-state index is 0.960. The van der Waals surface area contributed by atoms with Gasteiger partial charge in [0.15, 0.2) is 0 Å². The lowest BCUT2D eigenvalue weighted by Crippen LogP contribution is -1.90. The smallest absolute Gasteiger partial charge is 0.128 e. The lowest BCUT2D eigenvalue weighted by molar-refractivity contribution is 0.420. The van der Waals surface area contributed by atoms with Gasteiger partial charge < -0.3 is 4.74 Å². The van der Waals surface area contributed by atoms with Crippen molar-refractivity contribution in [1.29, 1.82) is 0 Å². The van der Waals surface area contributed by atoms with Crippen LogP contribution in [0.5, 0.6) is 5.75 Å². The molecule has 0 unspecified atom stereocenters. The van der Waals surface area contributed by atoms with Crippen LogP contribution in [0.4, 0.5) is 0 Å². The van der Waals surface area contributed by atoms with Gasteiger partial charge >= 0.3 is 0 Å². The Morgan fingerprint density at radius 3 is 1.93 bits per heavy atom. The van der Waals surface area contributed by atoms with Crippen molar-refractivity contribution in [3.05, 3.63) is 64.9 Å². The molecule has 0 spiro atoms. The Balaban J connectivity index is 1.92. The van der Waals surface area contributed by atoms with Crippen molar-refractivity contribution >= 4 is 75.2 Å². The monoisotopic (exact) mass is 384 g/mol. The molecule has 0 atom stereocenters. The quantitative estimate of drug-likeness (QED) is 0.262. The Kier molecular flexibility index (Phi) is 3.11. The van der Waals surface area contributed by atoms with Crippen LogP contribution in [0.1, 0.15) is 5.56 Å². The molecule has 0 fully saturated rings. The molecule has 0 aliphatic heterocycles. The van der Waals surface area contributed by atoms with Crippen molar-refractivity contribution in [2.45, 2.75) is 6.92 Å².